The maximum absolute atomic E-state index is 11.7. The minimum Gasteiger partial charge on any atom is -0.322 e. The topological polar surface area (TPSA) is 40.6 Å². The molecule has 3 rings (SSSR count). The van der Waals surface area contributed by atoms with E-state index in [9.17, 15) is 9.59 Å². The molecule has 1 fully saturated rings. The molecule has 4 nitrogen and oxygen atoms in total. The Kier molecular flexibility index (Phi) is 5.78. The van der Waals surface area contributed by atoms with Gasteiger partial charge in [0.15, 0.2) is 8.96 Å². The minimum absolute atomic E-state index is 0.0208. The zero-order valence-electron chi connectivity index (χ0n) is 14.6. The van der Waals surface area contributed by atoms with Gasteiger partial charge >= 0.3 is 0 Å². The van der Waals surface area contributed by atoms with E-state index in [-0.39, 0.29) is 11.8 Å². The summed E-state index contributed by atoms with van der Waals surface area (Å²) in [6, 6.07) is 21.3. The van der Waals surface area contributed by atoms with Crippen LogP contribution in [-0.4, -0.2) is 50.4 Å². The molecule has 2 aromatic rings. The predicted octanol–water partition coefficient (Wildman–Crippen LogP) is 0.995. The van der Waals surface area contributed by atoms with Crippen LogP contribution in [-0.2, 0) is 9.59 Å². The second-order valence-corrected chi connectivity index (χ2v) is 9.52. The lowest BCUT2D eigenvalue weighted by atomic mass is 10.4. The van der Waals surface area contributed by atoms with Crippen molar-refractivity contribution in [1.82, 2.24) is 9.47 Å². The van der Waals surface area contributed by atoms with Gasteiger partial charge in [-0.25, -0.2) is 0 Å². The van der Waals surface area contributed by atoms with Gasteiger partial charge in [0.1, 0.15) is 0 Å². The first-order valence-corrected chi connectivity index (χ1v) is 10.5. The lowest BCUT2D eigenvalue weighted by Crippen LogP contribution is -2.55. The molecule has 25 heavy (non-hydrogen) atoms. The van der Waals surface area contributed by atoms with Crippen molar-refractivity contribution in [3.63, 3.8) is 0 Å². The minimum atomic E-state index is -1.50. The molecule has 0 spiro atoms. The smallest absolute Gasteiger partial charge is 0.229 e. The van der Waals surface area contributed by atoms with Crippen LogP contribution in [0.5, 0.6) is 0 Å². The van der Waals surface area contributed by atoms with Crippen LogP contribution < -0.4 is 10.4 Å². The van der Waals surface area contributed by atoms with E-state index in [0.29, 0.717) is 19.4 Å². The van der Waals surface area contributed by atoms with Crippen molar-refractivity contribution in [3.05, 3.63) is 60.7 Å². The van der Waals surface area contributed by atoms with Gasteiger partial charge < -0.3 is 4.57 Å². The Morgan fingerprint density at radius 3 is 1.84 bits per heavy atom. The van der Waals surface area contributed by atoms with E-state index < -0.39 is 8.96 Å². The summed E-state index contributed by atoms with van der Waals surface area (Å²) in [6.07, 6.45) is 1.57. The summed E-state index contributed by atoms with van der Waals surface area (Å²) < 4.78 is 2.43. The molecule has 0 bridgehead atoms. The third-order valence-corrected chi connectivity index (χ3v) is 7.89. The second-order valence-electron chi connectivity index (χ2n) is 6.50. The van der Waals surface area contributed by atoms with Gasteiger partial charge in [0.2, 0.25) is 11.8 Å². The highest BCUT2D eigenvalue weighted by Crippen LogP contribution is 2.12. The third-order valence-electron chi connectivity index (χ3n) is 4.72. The number of carbonyl (C=O) groups is 2. The summed E-state index contributed by atoms with van der Waals surface area (Å²) in [7, 11) is 0.661. The van der Waals surface area contributed by atoms with Crippen molar-refractivity contribution in [3.8, 4) is 0 Å². The van der Waals surface area contributed by atoms with Crippen molar-refractivity contribution in [2.45, 2.75) is 19.3 Å². The van der Waals surface area contributed by atoms with Gasteiger partial charge in [-0.15, -0.1) is 0 Å². The van der Waals surface area contributed by atoms with Gasteiger partial charge in [-0.3, -0.25) is 14.5 Å². The van der Waals surface area contributed by atoms with Gasteiger partial charge in [-0.05, 0) is 30.4 Å². The van der Waals surface area contributed by atoms with Crippen molar-refractivity contribution in [2.75, 3.05) is 20.1 Å². The molecule has 1 aliphatic rings. The summed E-state index contributed by atoms with van der Waals surface area (Å²) >= 11 is 0. The number of nitrogens with zero attached hydrogens (tertiary/aromatic N) is 2. The Morgan fingerprint density at radius 2 is 1.36 bits per heavy atom. The first-order chi connectivity index (χ1) is 12.2. The number of rotatable bonds is 7. The molecule has 0 atom stereocenters. The monoisotopic (exact) mass is 352 g/mol. The van der Waals surface area contributed by atoms with E-state index >= 15 is 0 Å². The predicted molar refractivity (Wildman–Crippen MR) is 103 cm³/mol. The molecule has 1 aliphatic heterocycles. The van der Waals surface area contributed by atoms with E-state index in [4.69, 9.17) is 0 Å². The quantitative estimate of drug-likeness (QED) is 0.551. The largest absolute Gasteiger partial charge is 0.322 e. The standard InChI is InChI=1S/C20H24N2O2Si/c1-21(15-8-16-22-19(23)13-14-20(22)24)25(17-9-4-2-5-10-17)18-11-6-3-7-12-18/h2-7,9-12,25H,8,13-16H2,1H3. The van der Waals surface area contributed by atoms with Crippen LogP contribution in [0.1, 0.15) is 19.3 Å². The number of imide groups is 1. The summed E-state index contributed by atoms with van der Waals surface area (Å²) in [4.78, 5) is 24.9. The zero-order valence-corrected chi connectivity index (χ0v) is 15.8. The molecule has 0 aromatic heterocycles. The molecular weight excluding hydrogens is 328 g/mol. The van der Waals surface area contributed by atoms with Crippen LogP contribution in [0.2, 0.25) is 0 Å². The lowest BCUT2D eigenvalue weighted by molar-refractivity contribution is -0.138. The maximum atomic E-state index is 11.7. The number of hydrogen-bond acceptors (Lipinski definition) is 3. The van der Waals surface area contributed by atoms with E-state index in [1.54, 1.807) is 0 Å². The average molecular weight is 353 g/mol. The molecule has 0 radical (unpaired) electrons. The first-order valence-electron chi connectivity index (χ1n) is 8.80. The highest BCUT2D eigenvalue weighted by atomic mass is 28.3. The van der Waals surface area contributed by atoms with E-state index in [1.165, 1.54) is 15.3 Å². The van der Waals surface area contributed by atoms with E-state index in [2.05, 4.69) is 60.1 Å². The van der Waals surface area contributed by atoms with Crippen LogP contribution in [0.15, 0.2) is 60.7 Å². The number of amides is 2. The Hall–Kier alpha value is -2.24. The highest BCUT2D eigenvalue weighted by Gasteiger charge is 2.28. The molecule has 1 saturated heterocycles. The number of likely N-dealkylation sites (tertiary alicyclic amines) is 1. The normalized spacial score (nSPS) is 14.8. The van der Waals surface area contributed by atoms with Gasteiger partial charge in [0.25, 0.3) is 0 Å². The molecule has 5 heteroatoms. The van der Waals surface area contributed by atoms with Crippen molar-refractivity contribution in [2.24, 2.45) is 0 Å². The second kappa shape index (κ2) is 8.23. The first kappa shape index (κ1) is 17.6. The molecule has 0 saturated carbocycles. The van der Waals surface area contributed by atoms with Crippen LogP contribution >= 0.6 is 0 Å². The van der Waals surface area contributed by atoms with Crippen molar-refractivity contribution >= 4 is 31.1 Å². The van der Waals surface area contributed by atoms with Gasteiger partial charge in [-0.2, -0.15) is 0 Å². The lowest BCUT2D eigenvalue weighted by Gasteiger charge is -2.28. The van der Waals surface area contributed by atoms with Crippen molar-refractivity contribution < 1.29 is 9.59 Å². The SMILES string of the molecule is CN(CCCN1C(=O)CCC1=O)[SiH](c1ccccc1)c1ccccc1. The van der Waals surface area contributed by atoms with Gasteiger partial charge in [-0.1, -0.05) is 60.7 Å². The fraction of sp³-hybridized carbons (Fsp3) is 0.300. The third kappa shape index (κ3) is 4.24. The molecule has 0 aliphatic carbocycles. The Labute approximate surface area is 150 Å². The number of carbonyl (C=O) groups excluding carboxylic acids is 2. The maximum Gasteiger partial charge on any atom is 0.229 e. The number of hydrogen-bond donors (Lipinski definition) is 0. The summed E-state index contributed by atoms with van der Waals surface area (Å²) in [5.41, 5.74) is 0. The molecule has 130 valence electrons. The fourth-order valence-electron chi connectivity index (χ4n) is 3.45. The zero-order chi connectivity index (χ0) is 17.6. The average Bonchev–Trinajstić information content (AvgIpc) is 2.96. The van der Waals surface area contributed by atoms with Crippen LogP contribution in [0.4, 0.5) is 0 Å². The summed E-state index contributed by atoms with van der Waals surface area (Å²) in [6.45, 7) is 1.41. The molecule has 0 unspecified atom stereocenters. The van der Waals surface area contributed by atoms with Crippen LogP contribution in [0, 0.1) is 0 Å². The molecule has 2 aromatic carbocycles. The van der Waals surface area contributed by atoms with E-state index in [0.717, 1.165) is 13.0 Å². The molecule has 1 heterocycles. The Morgan fingerprint density at radius 1 is 0.880 bits per heavy atom. The highest BCUT2D eigenvalue weighted by molar-refractivity contribution is 6.82. The Bertz CT molecular complexity index is 665. The Balaban J connectivity index is 1.68. The van der Waals surface area contributed by atoms with Gasteiger partial charge in [0.05, 0.1) is 0 Å². The molecule has 2 amide bonds. The molecule has 0 N–H and O–H groups in total. The number of benzene rings is 2. The van der Waals surface area contributed by atoms with Crippen LogP contribution in [0.25, 0.3) is 0 Å². The van der Waals surface area contributed by atoms with Crippen molar-refractivity contribution in [1.29, 1.82) is 0 Å². The molecular formula is C20H24N2O2Si. The van der Waals surface area contributed by atoms with Crippen LogP contribution in [0.3, 0.4) is 0 Å². The van der Waals surface area contributed by atoms with E-state index in [1.807, 2.05) is 12.1 Å². The summed E-state index contributed by atoms with van der Waals surface area (Å²) in [5.74, 6) is -0.0415. The summed E-state index contributed by atoms with van der Waals surface area (Å²) in [5, 5.41) is 2.76. The van der Waals surface area contributed by atoms with Gasteiger partial charge in [0, 0.05) is 19.4 Å². The fourth-order valence-corrected chi connectivity index (χ4v) is 6.47.